The number of hydrogen-bond acceptors (Lipinski definition) is 3. The van der Waals surface area contributed by atoms with Crippen LogP contribution in [0.1, 0.15) is 21.6 Å². The smallest absolute Gasteiger partial charge is 0.368 e. The van der Waals surface area contributed by atoms with Crippen LogP contribution in [0.3, 0.4) is 0 Å². The first-order valence-corrected chi connectivity index (χ1v) is 9.01. The highest BCUT2D eigenvalue weighted by atomic mass is 19.4. The molecule has 0 aliphatic rings. The van der Waals surface area contributed by atoms with Crippen molar-refractivity contribution in [2.24, 2.45) is 12.8 Å². The van der Waals surface area contributed by atoms with Gasteiger partial charge < -0.3 is 11.1 Å². The highest BCUT2D eigenvalue weighted by Gasteiger charge is 2.30. The van der Waals surface area contributed by atoms with Gasteiger partial charge in [-0.2, -0.15) is 18.3 Å². The number of primary amides is 1. The Morgan fingerprint density at radius 2 is 1.73 bits per heavy atom. The Morgan fingerprint density at radius 3 is 2.30 bits per heavy atom. The molecule has 6 nitrogen and oxygen atoms in total. The lowest BCUT2D eigenvalue weighted by atomic mass is 10.1. The highest BCUT2D eigenvalue weighted by molar-refractivity contribution is 5.96. The molecule has 0 bridgehead atoms. The third-order valence-corrected chi connectivity index (χ3v) is 4.55. The van der Waals surface area contributed by atoms with E-state index in [1.165, 1.54) is 22.9 Å². The lowest BCUT2D eigenvalue weighted by molar-refractivity contribution is -0.137. The summed E-state index contributed by atoms with van der Waals surface area (Å²) >= 11 is 0. The lowest BCUT2D eigenvalue weighted by Gasteiger charge is -2.14. The molecule has 1 atom stereocenters. The Bertz CT molecular complexity index is 1040. The van der Waals surface area contributed by atoms with Crippen LogP contribution in [0, 0.1) is 0 Å². The molecule has 3 aromatic rings. The van der Waals surface area contributed by atoms with Crippen molar-refractivity contribution in [1.29, 1.82) is 0 Å². The number of carbonyl (C=O) groups excluding carboxylic acids is 2. The second-order valence-corrected chi connectivity index (χ2v) is 6.73. The number of hydrogen-bond donors (Lipinski definition) is 2. The molecule has 1 unspecified atom stereocenters. The minimum Gasteiger partial charge on any atom is -0.368 e. The number of carbonyl (C=O) groups is 2. The second-order valence-electron chi connectivity index (χ2n) is 6.73. The number of nitrogens with zero attached hydrogens (tertiary/aromatic N) is 2. The van der Waals surface area contributed by atoms with Crippen molar-refractivity contribution < 1.29 is 22.8 Å². The van der Waals surface area contributed by atoms with Gasteiger partial charge in [-0.25, -0.2) is 0 Å². The molecule has 0 spiro atoms. The molecule has 156 valence electrons. The van der Waals surface area contributed by atoms with Crippen LogP contribution >= 0.6 is 0 Å². The van der Waals surface area contributed by atoms with E-state index in [1.54, 1.807) is 7.05 Å². The predicted octanol–water partition coefficient (Wildman–Crippen LogP) is 2.93. The van der Waals surface area contributed by atoms with Gasteiger partial charge in [0.2, 0.25) is 5.91 Å². The van der Waals surface area contributed by atoms with Gasteiger partial charge in [0.15, 0.2) is 5.69 Å². The number of aromatic nitrogens is 2. The molecule has 0 aliphatic carbocycles. The van der Waals surface area contributed by atoms with Gasteiger partial charge in [-0.3, -0.25) is 14.3 Å². The number of halogens is 3. The molecule has 2 amide bonds. The monoisotopic (exact) mass is 416 g/mol. The number of nitrogens with two attached hydrogens (primary N) is 1. The van der Waals surface area contributed by atoms with Crippen LogP contribution in [0.15, 0.2) is 60.7 Å². The third-order valence-electron chi connectivity index (χ3n) is 4.55. The van der Waals surface area contributed by atoms with Gasteiger partial charge in [0.25, 0.3) is 5.91 Å². The molecule has 9 heteroatoms. The summed E-state index contributed by atoms with van der Waals surface area (Å²) in [7, 11) is 1.57. The normalized spacial score (nSPS) is 12.4. The zero-order chi connectivity index (χ0) is 21.9. The Morgan fingerprint density at radius 1 is 1.10 bits per heavy atom. The summed E-state index contributed by atoms with van der Waals surface area (Å²) < 4.78 is 39.6. The van der Waals surface area contributed by atoms with E-state index in [-0.39, 0.29) is 12.1 Å². The molecule has 0 saturated carbocycles. The van der Waals surface area contributed by atoms with Crippen molar-refractivity contribution in [2.75, 3.05) is 0 Å². The number of benzene rings is 2. The Balaban J connectivity index is 1.78. The van der Waals surface area contributed by atoms with Crippen molar-refractivity contribution in [3.63, 3.8) is 0 Å². The standard InChI is InChI=1S/C21H19F3N4O2/c1-28-18(14-7-9-15(10-8-14)21(22,23)24)12-17(27-28)20(30)26-16(19(25)29)11-13-5-3-2-4-6-13/h2-10,12,16H,11H2,1H3,(H2,25,29)(H,26,30). The molecule has 30 heavy (non-hydrogen) atoms. The summed E-state index contributed by atoms with van der Waals surface area (Å²) in [5.41, 5.74) is 6.41. The molecule has 0 radical (unpaired) electrons. The van der Waals surface area contributed by atoms with Crippen LogP contribution in [0.25, 0.3) is 11.3 Å². The minimum absolute atomic E-state index is 0.0201. The van der Waals surface area contributed by atoms with Crippen molar-refractivity contribution in [1.82, 2.24) is 15.1 Å². The van der Waals surface area contributed by atoms with Gasteiger partial charge in [-0.15, -0.1) is 0 Å². The van der Waals surface area contributed by atoms with Gasteiger partial charge in [0.1, 0.15) is 6.04 Å². The van der Waals surface area contributed by atoms with Crippen LogP contribution in [-0.2, 0) is 24.4 Å². The summed E-state index contributed by atoms with van der Waals surface area (Å²) in [4.78, 5) is 24.4. The van der Waals surface area contributed by atoms with E-state index < -0.39 is 29.6 Å². The number of nitrogens with one attached hydrogen (secondary N) is 1. The van der Waals surface area contributed by atoms with E-state index in [0.717, 1.165) is 17.7 Å². The zero-order valence-corrected chi connectivity index (χ0v) is 16.0. The maximum absolute atomic E-state index is 12.7. The fourth-order valence-corrected chi connectivity index (χ4v) is 2.98. The SMILES string of the molecule is Cn1nc(C(=O)NC(Cc2ccccc2)C(N)=O)cc1-c1ccc(C(F)(F)F)cc1. The van der Waals surface area contributed by atoms with Crippen molar-refractivity contribution in [3.05, 3.63) is 77.5 Å². The molecule has 3 N–H and O–H groups in total. The molecule has 0 saturated heterocycles. The fourth-order valence-electron chi connectivity index (χ4n) is 2.98. The van der Waals surface area contributed by atoms with Crippen molar-refractivity contribution >= 4 is 11.8 Å². The zero-order valence-electron chi connectivity index (χ0n) is 16.0. The topological polar surface area (TPSA) is 90.0 Å². The number of amides is 2. The van der Waals surface area contributed by atoms with Crippen LogP contribution in [0.2, 0.25) is 0 Å². The second kappa shape index (κ2) is 8.40. The molecule has 0 aliphatic heterocycles. The van der Waals surface area contributed by atoms with E-state index in [9.17, 15) is 22.8 Å². The lowest BCUT2D eigenvalue weighted by Crippen LogP contribution is -2.46. The molecule has 2 aromatic carbocycles. The Kier molecular flexibility index (Phi) is 5.91. The number of aryl methyl sites for hydroxylation is 1. The van der Waals surface area contributed by atoms with Gasteiger partial charge >= 0.3 is 6.18 Å². The van der Waals surface area contributed by atoms with Crippen LogP contribution < -0.4 is 11.1 Å². The molecule has 3 rings (SSSR count). The summed E-state index contributed by atoms with van der Waals surface area (Å²) in [6.45, 7) is 0. The van der Waals surface area contributed by atoms with Gasteiger partial charge in [0, 0.05) is 13.5 Å². The molecule has 1 heterocycles. The first-order valence-electron chi connectivity index (χ1n) is 9.01. The third kappa shape index (κ3) is 4.86. The van der Waals surface area contributed by atoms with Crippen LogP contribution in [0.4, 0.5) is 13.2 Å². The van der Waals surface area contributed by atoms with Crippen LogP contribution in [0.5, 0.6) is 0 Å². The van der Waals surface area contributed by atoms with E-state index in [4.69, 9.17) is 5.73 Å². The minimum atomic E-state index is -4.43. The van der Waals surface area contributed by atoms with E-state index in [1.807, 2.05) is 30.3 Å². The highest BCUT2D eigenvalue weighted by Crippen LogP contribution is 2.31. The van der Waals surface area contributed by atoms with Gasteiger partial charge in [-0.05, 0) is 29.3 Å². The average molecular weight is 416 g/mol. The summed E-state index contributed by atoms with van der Waals surface area (Å²) in [6.07, 6.45) is -4.21. The maximum atomic E-state index is 12.7. The Labute approximate surface area is 170 Å². The maximum Gasteiger partial charge on any atom is 0.416 e. The van der Waals surface area contributed by atoms with E-state index in [0.29, 0.717) is 11.3 Å². The van der Waals surface area contributed by atoms with Crippen LogP contribution in [-0.4, -0.2) is 27.6 Å². The first-order chi connectivity index (χ1) is 14.1. The van der Waals surface area contributed by atoms with Gasteiger partial charge in [0.05, 0.1) is 11.3 Å². The molecule has 0 fully saturated rings. The largest absolute Gasteiger partial charge is 0.416 e. The fraction of sp³-hybridized carbons (Fsp3) is 0.190. The Hall–Kier alpha value is -3.62. The predicted molar refractivity (Wildman–Crippen MR) is 104 cm³/mol. The van der Waals surface area contributed by atoms with Crippen molar-refractivity contribution in [3.8, 4) is 11.3 Å². The summed E-state index contributed by atoms with van der Waals surface area (Å²) in [5, 5.41) is 6.67. The number of rotatable bonds is 6. The quantitative estimate of drug-likeness (QED) is 0.648. The van der Waals surface area contributed by atoms with Crippen molar-refractivity contribution in [2.45, 2.75) is 18.6 Å². The number of alkyl halides is 3. The summed E-state index contributed by atoms with van der Waals surface area (Å²) in [5.74, 6) is -1.30. The van der Waals surface area contributed by atoms with Gasteiger partial charge in [-0.1, -0.05) is 42.5 Å². The summed E-state index contributed by atoms with van der Waals surface area (Å²) in [6, 6.07) is 14.1. The molecule has 1 aromatic heterocycles. The average Bonchev–Trinajstić information content (AvgIpc) is 3.09. The molecular weight excluding hydrogens is 397 g/mol. The molecular formula is C21H19F3N4O2. The first kappa shape index (κ1) is 21.1. The van der Waals surface area contributed by atoms with E-state index in [2.05, 4.69) is 10.4 Å². The van der Waals surface area contributed by atoms with E-state index >= 15 is 0 Å².